The molecular weight excluding hydrogens is 226 g/mol. The Bertz CT molecular complexity index is 311. The molecule has 0 aromatic rings. The summed E-state index contributed by atoms with van der Waals surface area (Å²) in [5, 5.41) is 2.44. The number of ether oxygens (including phenoxy) is 1. The van der Waals surface area contributed by atoms with Crippen molar-refractivity contribution in [3.8, 4) is 0 Å². The van der Waals surface area contributed by atoms with Crippen molar-refractivity contribution < 1.29 is 19.1 Å². The number of piperidine rings is 1. The lowest BCUT2D eigenvalue weighted by Crippen LogP contribution is -2.47. The molecule has 0 spiro atoms. The summed E-state index contributed by atoms with van der Waals surface area (Å²) in [4.78, 5) is 34.9. The van der Waals surface area contributed by atoms with Gasteiger partial charge in [-0.05, 0) is 12.8 Å². The van der Waals surface area contributed by atoms with Crippen LogP contribution in [0.15, 0.2) is 0 Å². The van der Waals surface area contributed by atoms with Crippen LogP contribution in [0.25, 0.3) is 0 Å². The van der Waals surface area contributed by atoms with Crippen LogP contribution in [0.4, 0.5) is 4.79 Å². The minimum absolute atomic E-state index is 0.148. The molecule has 3 amide bonds. The van der Waals surface area contributed by atoms with Crippen molar-refractivity contribution in [2.75, 3.05) is 26.7 Å². The Morgan fingerprint density at radius 2 is 1.94 bits per heavy atom. The first-order chi connectivity index (χ1) is 8.04. The Morgan fingerprint density at radius 1 is 1.35 bits per heavy atom. The number of primary amides is 1. The van der Waals surface area contributed by atoms with Gasteiger partial charge in [-0.1, -0.05) is 0 Å². The van der Waals surface area contributed by atoms with E-state index in [1.54, 1.807) is 4.90 Å². The van der Waals surface area contributed by atoms with Crippen molar-refractivity contribution in [3.63, 3.8) is 0 Å². The Hall–Kier alpha value is -1.79. The Morgan fingerprint density at radius 3 is 2.41 bits per heavy atom. The molecule has 17 heavy (non-hydrogen) atoms. The molecule has 1 rings (SSSR count). The quantitative estimate of drug-likeness (QED) is 0.625. The number of urea groups is 1. The van der Waals surface area contributed by atoms with Crippen molar-refractivity contribution in [1.29, 1.82) is 0 Å². The van der Waals surface area contributed by atoms with Gasteiger partial charge in [0, 0.05) is 19.0 Å². The maximum atomic E-state index is 11.6. The van der Waals surface area contributed by atoms with Crippen LogP contribution >= 0.6 is 0 Å². The number of nitrogens with zero attached hydrogens (tertiary/aromatic N) is 1. The predicted octanol–water partition coefficient (Wildman–Crippen LogP) is -0.934. The van der Waals surface area contributed by atoms with Crippen LogP contribution in [-0.4, -0.2) is 49.6 Å². The van der Waals surface area contributed by atoms with Crippen LogP contribution in [0.1, 0.15) is 12.8 Å². The molecule has 3 N–H and O–H groups in total. The second-order valence-corrected chi connectivity index (χ2v) is 3.90. The summed E-state index contributed by atoms with van der Waals surface area (Å²) < 4.78 is 4.40. The van der Waals surface area contributed by atoms with Crippen molar-refractivity contribution in [1.82, 2.24) is 10.2 Å². The standard InChI is InChI=1S/C10H17N3O4/c1-17-8(14)6-12-10(16)13-4-2-7(3-5-13)9(11)15/h7H,2-6H2,1H3,(H2,11,15)(H,12,16). The van der Waals surface area contributed by atoms with E-state index in [1.165, 1.54) is 7.11 Å². The summed E-state index contributed by atoms with van der Waals surface area (Å²) in [5.41, 5.74) is 5.19. The van der Waals surface area contributed by atoms with Crippen LogP contribution in [0.2, 0.25) is 0 Å². The topological polar surface area (TPSA) is 102 Å². The maximum absolute atomic E-state index is 11.6. The van der Waals surface area contributed by atoms with Crippen molar-refractivity contribution in [3.05, 3.63) is 0 Å². The molecule has 0 aromatic heterocycles. The minimum atomic E-state index is -0.495. The van der Waals surface area contributed by atoms with Crippen molar-refractivity contribution in [2.24, 2.45) is 11.7 Å². The minimum Gasteiger partial charge on any atom is -0.468 e. The van der Waals surface area contributed by atoms with Crippen molar-refractivity contribution in [2.45, 2.75) is 12.8 Å². The number of likely N-dealkylation sites (tertiary alicyclic amines) is 1. The third-order valence-corrected chi connectivity index (χ3v) is 2.80. The Balaban J connectivity index is 2.31. The first-order valence-electron chi connectivity index (χ1n) is 5.43. The summed E-state index contributed by atoms with van der Waals surface area (Å²) in [6.07, 6.45) is 1.14. The number of carbonyl (C=O) groups is 3. The molecule has 0 bridgehead atoms. The molecule has 1 aliphatic rings. The van der Waals surface area contributed by atoms with E-state index in [9.17, 15) is 14.4 Å². The summed E-state index contributed by atoms with van der Waals surface area (Å²) in [5.74, 6) is -0.968. The smallest absolute Gasteiger partial charge is 0.325 e. The molecule has 7 nitrogen and oxygen atoms in total. The fraction of sp³-hybridized carbons (Fsp3) is 0.700. The zero-order valence-corrected chi connectivity index (χ0v) is 9.77. The lowest BCUT2D eigenvalue weighted by Gasteiger charge is -2.30. The van der Waals surface area contributed by atoms with E-state index in [0.29, 0.717) is 25.9 Å². The van der Waals surface area contributed by atoms with Crippen LogP contribution in [-0.2, 0) is 14.3 Å². The number of esters is 1. The van der Waals surface area contributed by atoms with E-state index in [2.05, 4.69) is 10.1 Å². The van der Waals surface area contributed by atoms with Crippen molar-refractivity contribution >= 4 is 17.9 Å². The highest BCUT2D eigenvalue weighted by Gasteiger charge is 2.25. The van der Waals surface area contributed by atoms with Crippen LogP contribution < -0.4 is 11.1 Å². The maximum Gasteiger partial charge on any atom is 0.325 e. The molecular formula is C10H17N3O4. The van der Waals surface area contributed by atoms with Gasteiger partial charge in [-0.2, -0.15) is 0 Å². The van der Waals surface area contributed by atoms with Gasteiger partial charge < -0.3 is 20.7 Å². The van der Waals surface area contributed by atoms with Crippen LogP contribution in [0, 0.1) is 5.92 Å². The van der Waals surface area contributed by atoms with Gasteiger partial charge in [0.2, 0.25) is 5.91 Å². The highest BCUT2D eigenvalue weighted by Crippen LogP contribution is 2.16. The molecule has 1 saturated heterocycles. The zero-order valence-electron chi connectivity index (χ0n) is 9.77. The van der Waals surface area contributed by atoms with Gasteiger partial charge in [0.1, 0.15) is 6.54 Å². The van der Waals surface area contributed by atoms with Gasteiger partial charge in [0.05, 0.1) is 7.11 Å². The Kier molecular flexibility index (Phi) is 4.74. The van der Waals surface area contributed by atoms with Gasteiger partial charge >= 0.3 is 12.0 Å². The van der Waals surface area contributed by atoms with Gasteiger partial charge in [-0.15, -0.1) is 0 Å². The summed E-state index contributed by atoms with van der Waals surface area (Å²) in [7, 11) is 1.26. The monoisotopic (exact) mass is 243 g/mol. The lowest BCUT2D eigenvalue weighted by molar-refractivity contribution is -0.139. The molecule has 96 valence electrons. The first-order valence-corrected chi connectivity index (χ1v) is 5.43. The summed E-state index contributed by atoms with van der Waals surface area (Å²) >= 11 is 0. The highest BCUT2D eigenvalue weighted by molar-refractivity contribution is 5.81. The number of methoxy groups -OCH3 is 1. The van der Waals surface area contributed by atoms with Gasteiger partial charge in [-0.25, -0.2) is 4.79 Å². The number of rotatable bonds is 3. The van der Waals surface area contributed by atoms with Gasteiger partial charge in [0.15, 0.2) is 0 Å². The highest BCUT2D eigenvalue weighted by atomic mass is 16.5. The number of amides is 3. The fourth-order valence-corrected chi connectivity index (χ4v) is 1.70. The number of nitrogens with one attached hydrogen (secondary N) is 1. The summed E-state index contributed by atoms with van der Waals surface area (Å²) in [6.45, 7) is 0.798. The average Bonchev–Trinajstić information content (AvgIpc) is 2.35. The average molecular weight is 243 g/mol. The molecule has 0 unspecified atom stereocenters. The molecule has 0 aromatic carbocycles. The van der Waals surface area contributed by atoms with E-state index in [-0.39, 0.29) is 24.4 Å². The SMILES string of the molecule is COC(=O)CNC(=O)N1CCC(C(N)=O)CC1. The lowest BCUT2D eigenvalue weighted by atomic mass is 9.96. The second kappa shape index (κ2) is 6.07. The van der Waals surface area contributed by atoms with E-state index in [0.717, 1.165) is 0 Å². The number of carbonyl (C=O) groups excluding carboxylic acids is 3. The largest absolute Gasteiger partial charge is 0.468 e. The summed E-state index contributed by atoms with van der Waals surface area (Å²) in [6, 6.07) is -0.321. The first kappa shape index (κ1) is 13.3. The number of hydrogen-bond acceptors (Lipinski definition) is 4. The van der Waals surface area contributed by atoms with E-state index < -0.39 is 5.97 Å². The molecule has 1 aliphatic heterocycles. The van der Waals surface area contributed by atoms with E-state index >= 15 is 0 Å². The molecule has 1 fully saturated rings. The molecule has 1 heterocycles. The number of hydrogen-bond donors (Lipinski definition) is 2. The molecule has 0 aliphatic carbocycles. The molecule has 0 atom stereocenters. The molecule has 0 radical (unpaired) electrons. The van der Waals surface area contributed by atoms with Gasteiger partial charge in [-0.3, -0.25) is 9.59 Å². The fourth-order valence-electron chi connectivity index (χ4n) is 1.70. The normalized spacial score (nSPS) is 16.4. The van der Waals surface area contributed by atoms with Crippen LogP contribution in [0.3, 0.4) is 0 Å². The molecule has 0 saturated carbocycles. The third-order valence-electron chi connectivity index (χ3n) is 2.80. The third kappa shape index (κ3) is 3.93. The van der Waals surface area contributed by atoms with Gasteiger partial charge in [0.25, 0.3) is 0 Å². The zero-order chi connectivity index (χ0) is 12.8. The Labute approximate surface area is 99.3 Å². The second-order valence-electron chi connectivity index (χ2n) is 3.90. The van der Waals surface area contributed by atoms with E-state index in [4.69, 9.17) is 5.73 Å². The van der Waals surface area contributed by atoms with E-state index in [1.807, 2.05) is 0 Å². The number of nitrogens with two attached hydrogens (primary N) is 1. The predicted molar refractivity (Wildman–Crippen MR) is 58.9 cm³/mol. The van der Waals surface area contributed by atoms with Crippen LogP contribution in [0.5, 0.6) is 0 Å². The molecule has 7 heteroatoms.